The number of methoxy groups -OCH3 is 1. The van der Waals surface area contributed by atoms with E-state index >= 15 is 0 Å². The topological polar surface area (TPSA) is 94.7 Å². The van der Waals surface area contributed by atoms with E-state index in [4.69, 9.17) is 9.47 Å². The van der Waals surface area contributed by atoms with E-state index < -0.39 is 0 Å². The molecule has 0 saturated heterocycles. The Morgan fingerprint density at radius 1 is 1.18 bits per heavy atom. The van der Waals surface area contributed by atoms with Crippen molar-refractivity contribution in [1.29, 1.82) is 0 Å². The highest BCUT2D eigenvalue weighted by Crippen LogP contribution is 2.29. The molecule has 0 atom stereocenters. The first kappa shape index (κ1) is 17.9. The van der Waals surface area contributed by atoms with Crippen LogP contribution in [0.2, 0.25) is 0 Å². The maximum absolute atomic E-state index is 5.76. The Morgan fingerprint density at radius 3 is 2.86 bits per heavy atom. The number of anilines is 1. The molecule has 28 heavy (non-hydrogen) atoms. The average Bonchev–Trinajstić information content (AvgIpc) is 3.32. The average molecular weight is 395 g/mol. The second-order valence-corrected chi connectivity index (χ2v) is 6.88. The van der Waals surface area contributed by atoms with Gasteiger partial charge in [0.2, 0.25) is 5.13 Å². The molecule has 142 valence electrons. The number of rotatable bonds is 7. The van der Waals surface area contributed by atoms with Crippen molar-refractivity contribution in [3.05, 3.63) is 59.4 Å². The maximum Gasteiger partial charge on any atom is 0.204 e. The molecular weight excluding hydrogens is 378 g/mol. The summed E-state index contributed by atoms with van der Waals surface area (Å²) in [6, 6.07) is 13.5. The van der Waals surface area contributed by atoms with Gasteiger partial charge >= 0.3 is 0 Å². The normalized spacial score (nSPS) is 11.2. The smallest absolute Gasteiger partial charge is 0.204 e. The van der Waals surface area contributed by atoms with Crippen LogP contribution in [-0.2, 0) is 6.61 Å². The van der Waals surface area contributed by atoms with Crippen molar-refractivity contribution >= 4 is 32.9 Å². The summed E-state index contributed by atoms with van der Waals surface area (Å²) in [4.78, 5) is 4.48. The van der Waals surface area contributed by atoms with Crippen molar-refractivity contribution in [2.75, 3.05) is 12.5 Å². The van der Waals surface area contributed by atoms with Crippen LogP contribution in [0.4, 0.5) is 5.13 Å². The van der Waals surface area contributed by atoms with Gasteiger partial charge in [0.15, 0.2) is 11.5 Å². The third-order valence-electron chi connectivity index (χ3n) is 3.97. The lowest BCUT2D eigenvalue weighted by molar-refractivity contribution is 0.260. The third kappa shape index (κ3) is 3.94. The first-order chi connectivity index (χ1) is 13.7. The fourth-order valence-corrected chi connectivity index (χ4v) is 3.31. The highest BCUT2D eigenvalue weighted by atomic mass is 32.1. The van der Waals surface area contributed by atoms with Gasteiger partial charge in [-0.1, -0.05) is 33.8 Å². The van der Waals surface area contributed by atoms with Crippen LogP contribution in [0.25, 0.3) is 10.2 Å². The fraction of sp³-hybridized carbons (Fsp3) is 0.158. The Balaban J connectivity index is 1.43. The van der Waals surface area contributed by atoms with Crippen LogP contribution in [0.5, 0.6) is 11.5 Å². The van der Waals surface area contributed by atoms with Crippen molar-refractivity contribution in [3.8, 4) is 11.5 Å². The van der Waals surface area contributed by atoms with E-state index in [2.05, 4.69) is 30.5 Å². The molecule has 0 amide bonds. The summed E-state index contributed by atoms with van der Waals surface area (Å²) < 4.78 is 17.0. The van der Waals surface area contributed by atoms with Crippen molar-refractivity contribution in [3.63, 3.8) is 0 Å². The SMILES string of the molecule is COc1cc(/C=N/Nc2nc3ccccc3s2)ccc1OCc1nonc1C. The number of hydrogen-bond donors (Lipinski definition) is 1. The number of benzene rings is 2. The zero-order valence-electron chi connectivity index (χ0n) is 15.2. The number of aryl methyl sites for hydroxylation is 1. The number of aromatic nitrogens is 3. The monoisotopic (exact) mass is 395 g/mol. The van der Waals surface area contributed by atoms with E-state index in [0.29, 0.717) is 22.9 Å². The number of para-hydroxylation sites is 1. The summed E-state index contributed by atoms with van der Waals surface area (Å²) in [7, 11) is 1.59. The van der Waals surface area contributed by atoms with Crippen molar-refractivity contribution in [2.45, 2.75) is 13.5 Å². The van der Waals surface area contributed by atoms with E-state index in [9.17, 15) is 0 Å². The zero-order valence-corrected chi connectivity index (χ0v) is 16.1. The number of hydrogen-bond acceptors (Lipinski definition) is 9. The van der Waals surface area contributed by atoms with Crippen LogP contribution in [0, 0.1) is 6.92 Å². The van der Waals surface area contributed by atoms with Gasteiger partial charge in [0.05, 0.1) is 23.5 Å². The summed E-state index contributed by atoms with van der Waals surface area (Å²) in [5.41, 5.74) is 6.12. The molecule has 0 aliphatic heterocycles. The Bertz CT molecular complexity index is 1090. The predicted molar refractivity (Wildman–Crippen MR) is 107 cm³/mol. The molecule has 2 aromatic carbocycles. The van der Waals surface area contributed by atoms with Gasteiger partial charge in [0, 0.05) is 0 Å². The summed E-state index contributed by atoms with van der Waals surface area (Å²) >= 11 is 1.55. The first-order valence-electron chi connectivity index (χ1n) is 8.46. The summed E-state index contributed by atoms with van der Waals surface area (Å²) in [5, 5.41) is 12.5. The molecule has 2 aromatic heterocycles. The van der Waals surface area contributed by atoms with E-state index in [1.165, 1.54) is 0 Å². The number of ether oxygens (including phenoxy) is 2. The lowest BCUT2D eigenvalue weighted by Gasteiger charge is -2.10. The van der Waals surface area contributed by atoms with Gasteiger partial charge in [-0.25, -0.2) is 9.61 Å². The fourth-order valence-electron chi connectivity index (χ4n) is 2.49. The quantitative estimate of drug-likeness (QED) is 0.373. The molecule has 2 heterocycles. The van der Waals surface area contributed by atoms with E-state index in [0.717, 1.165) is 20.9 Å². The second kappa shape index (κ2) is 8.05. The molecule has 4 aromatic rings. The van der Waals surface area contributed by atoms with Crippen LogP contribution in [-0.4, -0.2) is 28.6 Å². The maximum atomic E-state index is 5.76. The molecular formula is C19H17N5O3S. The molecule has 0 fully saturated rings. The Hall–Kier alpha value is -3.46. The van der Waals surface area contributed by atoms with E-state index in [1.807, 2.05) is 49.4 Å². The Kier molecular flexibility index (Phi) is 5.16. The second-order valence-electron chi connectivity index (χ2n) is 5.85. The third-order valence-corrected chi connectivity index (χ3v) is 4.91. The van der Waals surface area contributed by atoms with Gasteiger partial charge in [0.25, 0.3) is 0 Å². The molecule has 8 nitrogen and oxygen atoms in total. The molecule has 1 N–H and O–H groups in total. The number of hydrazone groups is 1. The number of fused-ring (bicyclic) bond motifs is 1. The van der Waals surface area contributed by atoms with Crippen molar-refractivity contribution < 1.29 is 14.1 Å². The molecule has 0 aliphatic rings. The molecule has 0 unspecified atom stereocenters. The zero-order chi connectivity index (χ0) is 19.3. The predicted octanol–water partition coefficient (Wildman–Crippen LogP) is 4.02. The highest BCUT2D eigenvalue weighted by Gasteiger charge is 2.10. The summed E-state index contributed by atoms with van der Waals surface area (Å²) in [6.07, 6.45) is 1.70. The first-order valence-corrected chi connectivity index (χ1v) is 9.28. The molecule has 4 rings (SSSR count). The van der Waals surface area contributed by atoms with Gasteiger partial charge < -0.3 is 9.47 Å². The van der Waals surface area contributed by atoms with Gasteiger partial charge in [-0.05, 0) is 42.8 Å². The molecule has 0 spiro atoms. The van der Waals surface area contributed by atoms with Gasteiger partial charge in [-0.3, -0.25) is 5.43 Å². The van der Waals surface area contributed by atoms with Gasteiger partial charge in [-0.2, -0.15) is 5.10 Å². The standard InChI is InChI=1S/C19H17N5O3S/c1-12-15(24-27-23-12)11-26-16-8-7-13(9-17(16)25-2)10-20-22-19-21-14-5-3-4-6-18(14)28-19/h3-10H,11H2,1-2H3,(H,21,22)/b20-10+. The molecule has 9 heteroatoms. The Morgan fingerprint density at radius 2 is 2.07 bits per heavy atom. The van der Waals surface area contributed by atoms with Crippen molar-refractivity contribution in [1.82, 2.24) is 15.3 Å². The molecule has 0 bridgehead atoms. The number of thiazole rings is 1. The summed E-state index contributed by atoms with van der Waals surface area (Å²) in [5.74, 6) is 1.19. The molecule has 0 saturated carbocycles. The minimum Gasteiger partial charge on any atom is -0.493 e. The number of nitrogens with one attached hydrogen (secondary N) is 1. The van der Waals surface area contributed by atoms with Crippen LogP contribution < -0.4 is 14.9 Å². The lowest BCUT2D eigenvalue weighted by Crippen LogP contribution is -2.00. The molecule has 0 radical (unpaired) electrons. The summed E-state index contributed by atoms with van der Waals surface area (Å²) in [6.45, 7) is 2.06. The van der Waals surface area contributed by atoms with Gasteiger partial charge in [0.1, 0.15) is 18.0 Å². The highest BCUT2D eigenvalue weighted by molar-refractivity contribution is 7.22. The van der Waals surface area contributed by atoms with E-state index in [-0.39, 0.29) is 6.61 Å². The Labute approximate surface area is 164 Å². The van der Waals surface area contributed by atoms with Crippen LogP contribution in [0.1, 0.15) is 17.0 Å². The lowest BCUT2D eigenvalue weighted by atomic mass is 10.2. The minimum atomic E-state index is 0.248. The number of nitrogens with zero attached hydrogens (tertiary/aromatic N) is 4. The van der Waals surface area contributed by atoms with E-state index in [1.54, 1.807) is 24.7 Å². The van der Waals surface area contributed by atoms with Crippen molar-refractivity contribution in [2.24, 2.45) is 5.10 Å². The van der Waals surface area contributed by atoms with Crippen LogP contribution >= 0.6 is 11.3 Å². The van der Waals surface area contributed by atoms with Crippen LogP contribution in [0.3, 0.4) is 0 Å². The largest absolute Gasteiger partial charge is 0.493 e. The molecule has 0 aliphatic carbocycles. The minimum absolute atomic E-state index is 0.248. The van der Waals surface area contributed by atoms with Crippen LogP contribution in [0.15, 0.2) is 52.2 Å². The van der Waals surface area contributed by atoms with Gasteiger partial charge in [-0.15, -0.1) is 0 Å².